The Kier molecular flexibility index (Phi) is 4.25. The zero-order chi connectivity index (χ0) is 16.3. The van der Waals surface area contributed by atoms with Crippen LogP contribution in [0.3, 0.4) is 0 Å². The van der Waals surface area contributed by atoms with Crippen LogP contribution in [0.4, 0.5) is 5.69 Å². The molecular weight excluding hydrogens is 282 g/mol. The number of hydrogen-bond acceptors (Lipinski definition) is 4. The van der Waals surface area contributed by atoms with Crippen LogP contribution in [0.25, 0.3) is 0 Å². The summed E-state index contributed by atoms with van der Waals surface area (Å²) in [6.07, 6.45) is 1.26. The Labute approximate surface area is 128 Å². The van der Waals surface area contributed by atoms with Gasteiger partial charge in [0.05, 0.1) is 0 Å². The summed E-state index contributed by atoms with van der Waals surface area (Å²) in [5, 5.41) is 11.7. The third kappa shape index (κ3) is 3.69. The number of hydrogen-bond donors (Lipinski definition) is 3. The lowest BCUT2D eigenvalue weighted by Gasteiger charge is -2.21. The van der Waals surface area contributed by atoms with Crippen LogP contribution in [0, 0.1) is 6.92 Å². The van der Waals surface area contributed by atoms with E-state index in [4.69, 9.17) is 0 Å². The van der Waals surface area contributed by atoms with E-state index in [9.17, 15) is 9.59 Å². The Morgan fingerprint density at radius 1 is 1.18 bits per heavy atom. The molecule has 0 saturated heterocycles. The molecule has 0 aliphatic carbocycles. The van der Waals surface area contributed by atoms with Gasteiger partial charge in [0.1, 0.15) is 6.33 Å². The van der Waals surface area contributed by atoms with Crippen molar-refractivity contribution in [1.82, 2.24) is 20.5 Å². The monoisotopic (exact) mass is 301 g/mol. The third-order valence-electron chi connectivity index (χ3n) is 2.95. The Hall–Kier alpha value is -2.70. The number of nitrogens with one attached hydrogen (secondary N) is 3. The van der Waals surface area contributed by atoms with Gasteiger partial charge < -0.3 is 10.6 Å². The van der Waals surface area contributed by atoms with Gasteiger partial charge in [-0.1, -0.05) is 6.07 Å². The summed E-state index contributed by atoms with van der Waals surface area (Å²) in [6, 6.07) is 5.18. The molecule has 2 aromatic rings. The van der Waals surface area contributed by atoms with Gasteiger partial charge in [-0.15, -0.1) is 0 Å². The number of aromatic amines is 1. The predicted octanol–water partition coefficient (Wildman–Crippen LogP) is 1.89. The highest BCUT2D eigenvalue weighted by atomic mass is 16.2. The van der Waals surface area contributed by atoms with Crippen LogP contribution in [-0.4, -0.2) is 32.5 Å². The summed E-state index contributed by atoms with van der Waals surface area (Å²) >= 11 is 0. The van der Waals surface area contributed by atoms with Gasteiger partial charge in [-0.3, -0.25) is 14.7 Å². The molecular formula is C15H19N5O2. The summed E-state index contributed by atoms with van der Waals surface area (Å²) in [6.45, 7) is 7.52. The summed E-state index contributed by atoms with van der Waals surface area (Å²) in [4.78, 5) is 28.1. The number of carbonyl (C=O) groups is 2. The molecule has 22 heavy (non-hydrogen) atoms. The Morgan fingerprint density at radius 3 is 2.50 bits per heavy atom. The van der Waals surface area contributed by atoms with E-state index >= 15 is 0 Å². The van der Waals surface area contributed by atoms with Crippen LogP contribution in [0.5, 0.6) is 0 Å². The quantitative estimate of drug-likeness (QED) is 0.806. The van der Waals surface area contributed by atoms with Gasteiger partial charge in [0.15, 0.2) is 0 Å². The maximum Gasteiger partial charge on any atom is 0.292 e. The number of amides is 2. The first kappa shape index (κ1) is 15.7. The zero-order valence-electron chi connectivity index (χ0n) is 13.0. The van der Waals surface area contributed by atoms with E-state index in [-0.39, 0.29) is 17.3 Å². The molecule has 2 amide bonds. The molecule has 0 radical (unpaired) electrons. The second-order valence-electron chi connectivity index (χ2n) is 5.97. The molecule has 0 atom stereocenters. The molecule has 0 unspecified atom stereocenters. The molecule has 0 aliphatic heterocycles. The Balaban J connectivity index is 2.22. The molecule has 0 saturated carbocycles. The van der Waals surface area contributed by atoms with Gasteiger partial charge >= 0.3 is 0 Å². The minimum absolute atomic E-state index is 0.115. The number of nitrogens with zero attached hydrogens (tertiary/aromatic N) is 2. The fourth-order valence-corrected chi connectivity index (χ4v) is 1.92. The van der Waals surface area contributed by atoms with Crippen molar-refractivity contribution in [2.45, 2.75) is 33.2 Å². The Morgan fingerprint density at radius 2 is 1.91 bits per heavy atom. The van der Waals surface area contributed by atoms with E-state index in [0.717, 1.165) is 0 Å². The Bertz CT molecular complexity index is 686. The van der Waals surface area contributed by atoms with Gasteiger partial charge in [0.25, 0.3) is 11.8 Å². The summed E-state index contributed by atoms with van der Waals surface area (Å²) in [7, 11) is 0. The van der Waals surface area contributed by atoms with Crippen molar-refractivity contribution in [1.29, 1.82) is 0 Å². The number of aromatic nitrogens is 3. The van der Waals surface area contributed by atoms with Crippen molar-refractivity contribution >= 4 is 17.5 Å². The minimum atomic E-state index is -0.408. The fourth-order valence-electron chi connectivity index (χ4n) is 1.92. The van der Waals surface area contributed by atoms with E-state index in [0.29, 0.717) is 16.8 Å². The zero-order valence-corrected chi connectivity index (χ0v) is 13.0. The van der Waals surface area contributed by atoms with Crippen molar-refractivity contribution in [3.63, 3.8) is 0 Å². The molecule has 0 bridgehead atoms. The molecule has 0 spiro atoms. The molecule has 1 aromatic carbocycles. The van der Waals surface area contributed by atoms with Crippen LogP contribution >= 0.6 is 0 Å². The second-order valence-corrected chi connectivity index (χ2v) is 5.97. The number of anilines is 1. The van der Waals surface area contributed by atoms with Crippen LogP contribution < -0.4 is 10.6 Å². The summed E-state index contributed by atoms with van der Waals surface area (Å²) in [5.41, 5.74) is 1.44. The first-order chi connectivity index (χ1) is 10.3. The molecule has 0 fully saturated rings. The summed E-state index contributed by atoms with van der Waals surface area (Å²) < 4.78 is 0. The van der Waals surface area contributed by atoms with Crippen molar-refractivity contribution in [3.05, 3.63) is 41.5 Å². The van der Waals surface area contributed by atoms with E-state index < -0.39 is 5.91 Å². The van der Waals surface area contributed by atoms with Crippen molar-refractivity contribution < 1.29 is 9.59 Å². The van der Waals surface area contributed by atoms with E-state index in [1.54, 1.807) is 25.1 Å². The van der Waals surface area contributed by atoms with Crippen molar-refractivity contribution in [3.8, 4) is 0 Å². The third-order valence-corrected chi connectivity index (χ3v) is 2.95. The smallest absolute Gasteiger partial charge is 0.292 e. The SMILES string of the molecule is Cc1c(NC(=O)c2ncn[nH]2)cccc1C(=O)NC(C)(C)C. The number of carbonyl (C=O) groups excluding carboxylic acids is 2. The highest BCUT2D eigenvalue weighted by Crippen LogP contribution is 2.20. The normalized spacial score (nSPS) is 11.1. The molecule has 3 N–H and O–H groups in total. The van der Waals surface area contributed by atoms with Crippen molar-refractivity contribution in [2.75, 3.05) is 5.32 Å². The van der Waals surface area contributed by atoms with Crippen LogP contribution in [0.15, 0.2) is 24.5 Å². The number of H-pyrrole nitrogens is 1. The molecule has 7 heteroatoms. The van der Waals surface area contributed by atoms with Gasteiger partial charge in [-0.05, 0) is 45.4 Å². The van der Waals surface area contributed by atoms with Crippen LogP contribution in [-0.2, 0) is 0 Å². The highest BCUT2D eigenvalue weighted by Gasteiger charge is 2.19. The molecule has 116 valence electrons. The molecule has 1 aromatic heterocycles. The standard InChI is InChI=1S/C15H19N5O2/c1-9-10(13(21)19-15(2,3)4)6-5-7-11(9)18-14(22)12-16-8-17-20-12/h5-8H,1-4H3,(H,18,22)(H,19,21)(H,16,17,20). The lowest BCUT2D eigenvalue weighted by molar-refractivity contribution is 0.0917. The lowest BCUT2D eigenvalue weighted by Crippen LogP contribution is -2.40. The van der Waals surface area contributed by atoms with E-state index in [2.05, 4.69) is 25.8 Å². The van der Waals surface area contributed by atoms with Crippen LogP contribution in [0.2, 0.25) is 0 Å². The molecule has 1 heterocycles. The predicted molar refractivity (Wildman–Crippen MR) is 82.7 cm³/mol. The number of rotatable bonds is 3. The summed E-state index contributed by atoms with van der Waals surface area (Å²) in [5.74, 6) is -0.473. The highest BCUT2D eigenvalue weighted by molar-refractivity contribution is 6.04. The average Bonchev–Trinajstić information content (AvgIpc) is 2.93. The number of benzene rings is 1. The first-order valence-corrected chi connectivity index (χ1v) is 6.87. The molecule has 2 rings (SSSR count). The maximum atomic E-state index is 12.3. The molecule has 0 aliphatic rings. The second kappa shape index (κ2) is 5.97. The largest absolute Gasteiger partial charge is 0.347 e. The van der Waals surface area contributed by atoms with Gasteiger partial charge in [0, 0.05) is 16.8 Å². The maximum absolute atomic E-state index is 12.3. The van der Waals surface area contributed by atoms with Gasteiger partial charge in [0.2, 0.25) is 5.82 Å². The van der Waals surface area contributed by atoms with Crippen LogP contribution in [0.1, 0.15) is 47.3 Å². The fraction of sp³-hybridized carbons (Fsp3) is 0.333. The average molecular weight is 301 g/mol. The van der Waals surface area contributed by atoms with E-state index in [1.807, 2.05) is 20.8 Å². The van der Waals surface area contributed by atoms with Gasteiger partial charge in [-0.25, -0.2) is 4.98 Å². The van der Waals surface area contributed by atoms with Crippen molar-refractivity contribution in [2.24, 2.45) is 0 Å². The van der Waals surface area contributed by atoms with E-state index in [1.165, 1.54) is 6.33 Å². The van der Waals surface area contributed by atoms with Gasteiger partial charge in [-0.2, -0.15) is 5.10 Å². The lowest BCUT2D eigenvalue weighted by atomic mass is 10.0. The molecule has 7 nitrogen and oxygen atoms in total. The topological polar surface area (TPSA) is 99.8 Å². The first-order valence-electron chi connectivity index (χ1n) is 6.87. The minimum Gasteiger partial charge on any atom is -0.347 e.